The number of aromatic nitrogens is 3. The summed E-state index contributed by atoms with van der Waals surface area (Å²) in [5.74, 6) is 0.820. The molecule has 0 atom stereocenters. The molecule has 5 heteroatoms. The van der Waals surface area contributed by atoms with Gasteiger partial charge in [0, 0.05) is 11.1 Å². The fraction of sp³-hybridized carbons (Fsp3) is 0.417. The first kappa shape index (κ1) is 18.2. The second kappa shape index (κ2) is 6.90. The highest BCUT2D eigenvalue weighted by Gasteiger charge is 2.21. The van der Waals surface area contributed by atoms with Crippen molar-refractivity contribution < 1.29 is 0 Å². The normalized spacial score (nSPS) is 17.8. The minimum atomic E-state index is 0.109. The zero-order valence-corrected chi connectivity index (χ0v) is 17.4. The van der Waals surface area contributed by atoms with Crippen LogP contribution in [0.25, 0.3) is 11.0 Å². The summed E-state index contributed by atoms with van der Waals surface area (Å²) in [6, 6.07) is 15.5. The minimum Gasteiger partial charge on any atom is -0.260 e. The summed E-state index contributed by atoms with van der Waals surface area (Å²) in [4.78, 5) is 9.56. The summed E-state index contributed by atoms with van der Waals surface area (Å²) in [6.45, 7) is 7.29. The van der Waals surface area contributed by atoms with Crippen molar-refractivity contribution in [2.75, 3.05) is 6.54 Å². The lowest BCUT2D eigenvalue weighted by atomic mass is 9.86. The topological polar surface area (TPSA) is 55.4 Å². The van der Waals surface area contributed by atoms with Gasteiger partial charge >= 0.3 is 0 Å². The van der Waals surface area contributed by atoms with E-state index in [4.69, 9.17) is 9.98 Å². The molecule has 0 unspecified atom stereocenters. The van der Waals surface area contributed by atoms with E-state index in [0.29, 0.717) is 12.6 Å². The summed E-state index contributed by atoms with van der Waals surface area (Å²) < 4.78 is 2.11. The molecule has 5 rings (SSSR count). The molecule has 2 aliphatic rings. The van der Waals surface area contributed by atoms with Gasteiger partial charge in [-0.25, -0.2) is 9.67 Å². The third-order valence-corrected chi connectivity index (χ3v) is 6.08. The summed E-state index contributed by atoms with van der Waals surface area (Å²) in [5, 5.41) is 8.87. The molecule has 1 aliphatic heterocycles. The molecule has 5 nitrogen and oxygen atoms in total. The van der Waals surface area contributed by atoms with Crippen molar-refractivity contribution in [3.63, 3.8) is 0 Å². The molecule has 2 heterocycles. The van der Waals surface area contributed by atoms with Crippen LogP contribution in [0.1, 0.15) is 69.2 Å². The molecule has 148 valence electrons. The van der Waals surface area contributed by atoms with Gasteiger partial charge < -0.3 is 0 Å². The van der Waals surface area contributed by atoms with Crippen molar-refractivity contribution in [1.29, 1.82) is 0 Å². The Morgan fingerprint density at radius 3 is 2.59 bits per heavy atom. The van der Waals surface area contributed by atoms with E-state index >= 15 is 0 Å². The van der Waals surface area contributed by atoms with E-state index in [1.54, 1.807) is 0 Å². The first-order chi connectivity index (χ1) is 14.0. The Morgan fingerprint density at radius 1 is 0.966 bits per heavy atom. The molecule has 0 spiro atoms. The van der Waals surface area contributed by atoms with Crippen LogP contribution in [-0.4, -0.2) is 33.1 Å². The highest BCUT2D eigenvalue weighted by molar-refractivity contribution is 6.17. The Hall–Kier alpha value is -2.82. The lowest BCUT2D eigenvalue weighted by molar-refractivity contribution is 0.467. The van der Waals surface area contributed by atoms with Crippen molar-refractivity contribution >= 4 is 22.6 Å². The lowest BCUT2D eigenvalue weighted by Gasteiger charge is -2.19. The standard InChI is InChI=1S/C24H27N5/c1-24(2,3)18-8-6-7-17(13-18)23-25-15-21(26-23)16-11-12-22-20(14-16)27-28-29(22)19-9-4-5-10-19/h6-8,11-14,19H,4-5,9-10,15H2,1-3H3. The summed E-state index contributed by atoms with van der Waals surface area (Å²) in [5.41, 5.74) is 6.64. The monoisotopic (exact) mass is 385 g/mol. The van der Waals surface area contributed by atoms with Crippen molar-refractivity contribution in [2.24, 2.45) is 9.98 Å². The van der Waals surface area contributed by atoms with Crippen LogP contribution in [0.2, 0.25) is 0 Å². The van der Waals surface area contributed by atoms with Crippen molar-refractivity contribution in [1.82, 2.24) is 15.0 Å². The van der Waals surface area contributed by atoms with E-state index < -0.39 is 0 Å². The van der Waals surface area contributed by atoms with E-state index in [-0.39, 0.29) is 5.41 Å². The molecule has 0 saturated heterocycles. The van der Waals surface area contributed by atoms with E-state index in [1.807, 2.05) is 0 Å². The summed E-state index contributed by atoms with van der Waals surface area (Å²) in [6.07, 6.45) is 4.99. The van der Waals surface area contributed by atoms with E-state index in [0.717, 1.165) is 33.7 Å². The molecule has 0 radical (unpaired) electrons. The van der Waals surface area contributed by atoms with Crippen molar-refractivity contribution in [2.45, 2.75) is 57.9 Å². The minimum absolute atomic E-state index is 0.109. The van der Waals surface area contributed by atoms with Gasteiger partial charge in [-0.3, -0.25) is 4.99 Å². The second-order valence-electron chi connectivity index (χ2n) is 9.20. The smallest absolute Gasteiger partial charge is 0.155 e. The first-order valence-electron chi connectivity index (χ1n) is 10.6. The molecule has 29 heavy (non-hydrogen) atoms. The number of rotatable bonds is 3. The molecule has 1 aromatic heterocycles. The molecule has 0 bridgehead atoms. The van der Waals surface area contributed by atoms with Crippen LogP contribution in [-0.2, 0) is 5.41 Å². The quantitative estimate of drug-likeness (QED) is 0.630. The second-order valence-corrected chi connectivity index (χ2v) is 9.20. The van der Waals surface area contributed by atoms with E-state index in [2.05, 4.69) is 78.2 Å². The fourth-order valence-electron chi connectivity index (χ4n) is 4.32. The Morgan fingerprint density at radius 2 is 1.79 bits per heavy atom. The maximum atomic E-state index is 4.85. The number of hydrogen-bond donors (Lipinski definition) is 0. The highest BCUT2D eigenvalue weighted by atomic mass is 15.4. The zero-order chi connectivity index (χ0) is 20.0. The van der Waals surface area contributed by atoms with Gasteiger partial charge in [-0.2, -0.15) is 0 Å². The van der Waals surface area contributed by atoms with Crippen LogP contribution in [0.15, 0.2) is 52.4 Å². The van der Waals surface area contributed by atoms with Crippen molar-refractivity contribution in [3.05, 3.63) is 59.2 Å². The zero-order valence-electron chi connectivity index (χ0n) is 17.4. The molecule has 3 aromatic rings. The average Bonchev–Trinajstić information content (AvgIpc) is 3.46. The third-order valence-electron chi connectivity index (χ3n) is 6.08. The average molecular weight is 386 g/mol. The van der Waals surface area contributed by atoms with Gasteiger partial charge in [0.2, 0.25) is 0 Å². The van der Waals surface area contributed by atoms with Crippen LogP contribution in [0, 0.1) is 0 Å². The number of hydrogen-bond acceptors (Lipinski definition) is 4. The molecule has 1 aliphatic carbocycles. The van der Waals surface area contributed by atoms with Gasteiger partial charge in [-0.1, -0.05) is 63.1 Å². The SMILES string of the molecule is CC(C)(C)c1cccc(C2=NCC(c3ccc4c(c3)nnn4C3CCCC3)=N2)c1. The summed E-state index contributed by atoms with van der Waals surface area (Å²) in [7, 11) is 0. The molecule has 2 aromatic carbocycles. The third kappa shape index (κ3) is 3.39. The Labute approximate surface area is 171 Å². The predicted octanol–water partition coefficient (Wildman–Crippen LogP) is 5.09. The summed E-state index contributed by atoms with van der Waals surface area (Å²) >= 11 is 0. The number of aliphatic imine (C=N–C) groups is 2. The van der Waals surface area contributed by atoms with Crippen molar-refractivity contribution in [3.8, 4) is 0 Å². The van der Waals surface area contributed by atoms with Crippen LogP contribution in [0.3, 0.4) is 0 Å². The Balaban J connectivity index is 1.43. The van der Waals surface area contributed by atoms with Gasteiger partial charge in [0.05, 0.1) is 23.8 Å². The van der Waals surface area contributed by atoms with Crippen LogP contribution >= 0.6 is 0 Å². The Kier molecular flexibility index (Phi) is 4.34. The number of nitrogens with zero attached hydrogens (tertiary/aromatic N) is 5. The predicted molar refractivity (Wildman–Crippen MR) is 118 cm³/mol. The Bertz CT molecular complexity index is 1120. The van der Waals surface area contributed by atoms with Crippen LogP contribution < -0.4 is 0 Å². The van der Waals surface area contributed by atoms with E-state index in [1.165, 1.54) is 31.2 Å². The maximum absolute atomic E-state index is 4.85. The van der Waals surface area contributed by atoms with Crippen LogP contribution in [0.4, 0.5) is 0 Å². The van der Waals surface area contributed by atoms with Crippen LogP contribution in [0.5, 0.6) is 0 Å². The highest BCUT2D eigenvalue weighted by Crippen LogP contribution is 2.31. The molecular formula is C24H27N5. The molecular weight excluding hydrogens is 358 g/mol. The van der Waals surface area contributed by atoms with Gasteiger partial charge in [-0.15, -0.1) is 5.10 Å². The maximum Gasteiger partial charge on any atom is 0.155 e. The molecule has 1 saturated carbocycles. The molecule has 0 N–H and O–H groups in total. The van der Waals surface area contributed by atoms with Gasteiger partial charge in [0.15, 0.2) is 5.84 Å². The van der Waals surface area contributed by atoms with E-state index in [9.17, 15) is 0 Å². The fourth-order valence-corrected chi connectivity index (χ4v) is 4.32. The van der Waals surface area contributed by atoms with Gasteiger partial charge in [0.1, 0.15) is 5.52 Å². The number of amidine groups is 1. The lowest BCUT2D eigenvalue weighted by Crippen LogP contribution is -2.11. The van der Waals surface area contributed by atoms with Gasteiger partial charge in [0.25, 0.3) is 0 Å². The number of benzene rings is 2. The molecule has 1 fully saturated rings. The van der Waals surface area contributed by atoms with Gasteiger partial charge in [-0.05, 0) is 42.0 Å². The molecule has 0 amide bonds. The first-order valence-corrected chi connectivity index (χ1v) is 10.6. The number of fused-ring (bicyclic) bond motifs is 1. The largest absolute Gasteiger partial charge is 0.260 e.